The molecule has 2 aliphatic rings. The lowest BCUT2D eigenvalue weighted by Crippen LogP contribution is -2.39. The molecule has 4 rings (SSSR count). The third kappa shape index (κ3) is 8.12. The number of carbonyl (C=O) groups is 2. The van der Waals surface area contributed by atoms with Crippen LogP contribution in [0.15, 0.2) is 42.0 Å². The van der Waals surface area contributed by atoms with Crippen molar-refractivity contribution in [1.29, 1.82) is 0 Å². The predicted molar refractivity (Wildman–Crippen MR) is 170 cm³/mol. The highest BCUT2D eigenvalue weighted by Crippen LogP contribution is 2.42. The minimum absolute atomic E-state index is 0.0691. The van der Waals surface area contributed by atoms with Crippen molar-refractivity contribution >= 4 is 17.4 Å². The first-order valence-electron chi connectivity index (χ1n) is 15.9. The zero-order valence-corrected chi connectivity index (χ0v) is 26.9. The van der Waals surface area contributed by atoms with Gasteiger partial charge in [-0.15, -0.1) is 0 Å². The zero-order chi connectivity index (χ0) is 31.6. The lowest BCUT2D eigenvalue weighted by atomic mass is 9.93. The maximum Gasteiger partial charge on any atom is 0.295 e. The van der Waals surface area contributed by atoms with Crippen LogP contribution in [0.1, 0.15) is 69.2 Å². The fraction of sp³-hybridized carbons (Fsp3) is 0.543. The van der Waals surface area contributed by atoms with E-state index in [2.05, 4.69) is 25.7 Å². The number of methoxy groups -OCH3 is 1. The molecule has 2 heterocycles. The number of unbranched alkanes of at least 4 members (excludes halogenated alkanes) is 1. The molecule has 44 heavy (non-hydrogen) atoms. The van der Waals surface area contributed by atoms with Crippen molar-refractivity contribution < 1.29 is 33.6 Å². The molecule has 9 heteroatoms. The highest BCUT2D eigenvalue weighted by Gasteiger charge is 2.46. The molecule has 0 spiro atoms. The van der Waals surface area contributed by atoms with Gasteiger partial charge in [-0.25, -0.2) is 0 Å². The summed E-state index contributed by atoms with van der Waals surface area (Å²) >= 11 is 0. The highest BCUT2D eigenvalue weighted by molar-refractivity contribution is 6.46. The molecule has 0 radical (unpaired) electrons. The second-order valence-electron chi connectivity index (χ2n) is 11.9. The lowest BCUT2D eigenvalue weighted by molar-refractivity contribution is -0.140. The van der Waals surface area contributed by atoms with Crippen LogP contribution in [0.25, 0.3) is 5.76 Å². The minimum Gasteiger partial charge on any atom is -0.507 e. The van der Waals surface area contributed by atoms with Crippen molar-refractivity contribution in [2.75, 3.05) is 59.7 Å². The van der Waals surface area contributed by atoms with Gasteiger partial charge in [-0.2, -0.15) is 0 Å². The number of aryl methyl sites for hydroxylation is 1. The molecule has 0 bridgehead atoms. The van der Waals surface area contributed by atoms with Crippen molar-refractivity contribution in [2.24, 2.45) is 5.92 Å². The van der Waals surface area contributed by atoms with Gasteiger partial charge in [0.25, 0.3) is 11.7 Å². The second-order valence-corrected chi connectivity index (χ2v) is 11.9. The molecule has 1 N–H and O–H groups in total. The average Bonchev–Trinajstić information content (AvgIpc) is 3.26. The van der Waals surface area contributed by atoms with Gasteiger partial charge in [0.2, 0.25) is 0 Å². The molecule has 2 saturated heterocycles. The van der Waals surface area contributed by atoms with Crippen LogP contribution in [0.3, 0.4) is 0 Å². The predicted octanol–water partition coefficient (Wildman–Crippen LogP) is 5.75. The number of carbonyl (C=O) groups excluding carboxylic acids is 2. The number of hydrogen-bond donors (Lipinski definition) is 1. The summed E-state index contributed by atoms with van der Waals surface area (Å²) in [7, 11) is 1.57. The third-order valence-corrected chi connectivity index (χ3v) is 8.19. The number of aliphatic hydroxyl groups is 1. The molecule has 1 unspecified atom stereocenters. The van der Waals surface area contributed by atoms with Crippen LogP contribution in [0.4, 0.5) is 0 Å². The highest BCUT2D eigenvalue weighted by atomic mass is 16.5. The Hall–Kier alpha value is -3.56. The largest absolute Gasteiger partial charge is 0.507 e. The quantitative estimate of drug-likeness (QED) is 0.118. The van der Waals surface area contributed by atoms with Gasteiger partial charge < -0.3 is 29.0 Å². The summed E-state index contributed by atoms with van der Waals surface area (Å²) in [6.45, 7) is 13.6. The van der Waals surface area contributed by atoms with Crippen LogP contribution in [0.5, 0.6) is 17.2 Å². The Bertz CT molecular complexity index is 1320. The number of rotatable bonds is 15. The van der Waals surface area contributed by atoms with Gasteiger partial charge in [-0.1, -0.05) is 33.3 Å². The Morgan fingerprint density at radius 3 is 2.45 bits per heavy atom. The molecule has 2 aromatic rings. The smallest absolute Gasteiger partial charge is 0.295 e. The van der Waals surface area contributed by atoms with Crippen molar-refractivity contribution in [3.05, 3.63) is 58.7 Å². The van der Waals surface area contributed by atoms with Crippen molar-refractivity contribution in [3.63, 3.8) is 0 Å². The van der Waals surface area contributed by atoms with Gasteiger partial charge in [0, 0.05) is 31.7 Å². The zero-order valence-electron chi connectivity index (χ0n) is 26.9. The van der Waals surface area contributed by atoms with E-state index < -0.39 is 17.7 Å². The van der Waals surface area contributed by atoms with Crippen LogP contribution in [-0.4, -0.2) is 86.3 Å². The van der Waals surface area contributed by atoms with Crippen LogP contribution in [0.2, 0.25) is 0 Å². The summed E-state index contributed by atoms with van der Waals surface area (Å²) < 4.78 is 23.0. The van der Waals surface area contributed by atoms with Crippen LogP contribution >= 0.6 is 0 Å². The number of ether oxygens (including phenoxy) is 4. The number of morpholine rings is 1. The van der Waals surface area contributed by atoms with E-state index in [-0.39, 0.29) is 11.3 Å². The first-order chi connectivity index (χ1) is 21.2. The van der Waals surface area contributed by atoms with E-state index in [4.69, 9.17) is 18.9 Å². The summed E-state index contributed by atoms with van der Waals surface area (Å²) in [6.07, 6.45) is 3.55. The van der Waals surface area contributed by atoms with E-state index in [9.17, 15) is 14.7 Å². The fourth-order valence-electron chi connectivity index (χ4n) is 5.60. The molecule has 1 amide bonds. The van der Waals surface area contributed by atoms with E-state index >= 15 is 0 Å². The molecule has 2 fully saturated rings. The second kappa shape index (κ2) is 16.0. The third-order valence-electron chi connectivity index (χ3n) is 8.19. The van der Waals surface area contributed by atoms with Crippen molar-refractivity contribution in [2.45, 2.75) is 59.4 Å². The van der Waals surface area contributed by atoms with E-state index in [0.717, 1.165) is 44.5 Å². The molecular formula is C35H48N2O7. The molecule has 0 saturated carbocycles. The topological polar surface area (TPSA) is 97.8 Å². The molecule has 1 atom stereocenters. The molecular weight excluding hydrogens is 560 g/mol. The van der Waals surface area contributed by atoms with Gasteiger partial charge in [0.05, 0.1) is 45.2 Å². The summed E-state index contributed by atoms with van der Waals surface area (Å²) in [5.74, 6) is 0.788. The van der Waals surface area contributed by atoms with E-state index in [0.29, 0.717) is 73.7 Å². The first-order valence-corrected chi connectivity index (χ1v) is 15.9. The molecule has 2 aliphatic heterocycles. The van der Waals surface area contributed by atoms with Gasteiger partial charge in [-0.3, -0.25) is 14.5 Å². The number of Topliss-reactive ketones (excluding diaryl/α,β-unsaturated/α-hetero) is 1. The van der Waals surface area contributed by atoms with Gasteiger partial charge in [0.15, 0.2) is 11.5 Å². The number of benzene rings is 2. The Morgan fingerprint density at radius 2 is 1.77 bits per heavy atom. The minimum atomic E-state index is -0.779. The summed E-state index contributed by atoms with van der Waals surface area (Å²) in [5, 5.41) is 11.7. The van der Waals surface area contributed by atoms with E-state index in [1.165, 1.54) is 0 Å². The van der Waals surface area contributed by atoms with Crippen LogP contribution in [-0.2, 0) is 14.3 Å². The Balaban J connectivity index is 1.69. The average molecular weight is 609 g/mol. The van der Waals surface area contributed by atoms with Gasteiger partial charge in [0.1, 0.15) is 11.5 Å². The van der Waals surface area contributed by atoms with Gasteiger partial charge >= 0.3 is 0 Å². The molecule has 240 valence electrons. The Morgan fingerprint density at radius 1 is 1.00 bits per heavy atom. The molecule has 2 aromatic carbocycles. The monoisotopic (exact) mass is 608 g/mol. The van der Waals surface area contributed by atoms with Crippen molar-refractivity contribution in [3.8, 4) is 17.2 Å². The van der Waals surface area contributed by atoms with E-state index in [1.807, 2.05) is 25.1 Å². The standard InChI is InChI=1S/C35H48N2O7/c1-6-7-18-43-27-10-11-28(25(4)22-27)33(38)31-32(26-9-12-29(30(23-26)41-5)44-19-13-24(2)3)37(35(40)34(31)39)15-8-14-36-16-20-42-21-17-36/h9-12,22-24,32,38H,6-8,13-21H2,1-5H3. The number of nitrogens with zero attached hydrogens (tertiary/aromatic N) is 2. The van der Waals surface area contributed by atoms with Crippen LogP contribution in [0, 0.1) is 12.8 Å². The number of amides is 1. The number of aliphatic hydroxyl groups excluding tert-OH is 1. The maximum absolute atomic E-state index is 13.6. The lowest BCUT2D eigenvalue weighted by Gasteiger charge is -2.29. The molecule has 9 nitrogen and oxygen atoms in total. The summed E-state index contributed by atoms with van der Waals surface area (Å²) in [5.41, 5.74) is 1.98. The number of likely N-dealkylation sites (tertiary alicyclic amines) is 1. The fourth-order valence-corrected chi connectivity index (χ4v) is 5.60. The number of hydrogen-bond acceptors (Lipinski definition) is 8. The summed E-state index contributed by atoms with van der Waals surface area (Å²) in [6, 6.07) is 10.1. The molecule has 0 aromatic heterocycles. The van der Waals surface area contributed by atoms with E-state index in [1.54, 1.807) is 30.2 Å². The Kier molecular flexibility index (Phi) is 12.1. The SMILES string of the molecule is CCCCOc1ccc(C(O)=C2C(=O)C(=O)N(CCCN3CCOCC3)C2c2ccc(OCCC(C)C)c(OC)c2)c(C)c1. The first kappa shape index (κ1) is 33.3. The van der Waals surface area contributed by atoms with Gasteiger partial charge in [-0.05, 0) is 73.6 Å². The van der Waals surface area contributed by atoms with Crippen LogP contribution < -0.4 is 14.2 Å². The van der Waals surface area contributed by atoms with Crippen molar-refractivity contribution in [1.82, 2.24) is 9.80 Å². The Labute approximate surface area is 261 Å². The number of ketones is 1. The summed E-state index contributed by atoms with van der Waals surface area (Å²) in [4.78, 5) is 31.1. The maximum atomic E-state index is 13.6. The normalized spacial score (nSPS) is 18.7. The molecule has 0 aliphatic carbocycles.